The van der Waals surface area contributed by atoms with Gasteiger partial charge in [-0.3, -0.25) is 0 Å². The Kier molecular flexibility index (Phi) is 3.99. The van der Waals surface area contributed by atoms with Gasteiger partial charge in [0, 0.05) is 55.3 Å². The van der Waals surface area contributed by atoms with Crippen LogP contribution in [0.5, 0.6) is 11.8 Å². The number of fused-ring (bicyclic) bond motifs is 3. The topological polar surface area (TPSA) is 76.3 Å². The Morgan fingerprint density at radius 3 is 2.77 bits per heavy atom. The summed E-state index contributed by atoms with van der Waals surface area (Å²) in [5.41, 5.74) is 12.2. The molecule has 3 N–H and O–H groups in total. The van der Waals surface area contributed by atoms with Crippen molar-refractivity contribution in [2.24, 2.45) is 11.1 Å². The van der Waals surface area contributed by atoms with Gasteiger partial charge in [0.15, 0.2) is 0 Å². The van der Waals surface area contributed by atoms with E-state index >= 15 is 0 Å². The van der Waals surface area contributed by atoms with Gasteiger partial charge in [0.05, 0.1) is 5.69 Å². The summed E-state index contributed by atoms with van der Waals surface area (Å²) in [6, 6.07) is 12.7. The summed E-state index contributed by atoms with van der Waals surface area (Å²) in [5.74, 6) is 0.892. The van der Waals surface area contributed by atoms with Crippen molar-refractivity contribution in [3.8, 4) is 22.9 Å². The Morgan fingerprint density at radius 2 is 2.03 bits per heavy atom. The Balaban J connectivity index is 1.47. The van der Waals surface area contributed by atoms with Crippen LogP contribution in [0.3, 0.4) is 0 Å². The summed E-state index contributed by atoms with van der Waals surface area (Å²) in [5, 5.41) is 3.29. The number of hydrogen-bond acceptors (Lipinski definition) is 6. The molecule has 1 unspecified atom stereocenters. The zero-order valence-corrected chi connectivity index (χ0v) is 17.4. The molecular weight excluding hydrogens is 393 g/mol. The molecule has 0 amide bonds. The zero-order valence-electron chi connectivity index (χ0n) is 17.4. The zero-order chi connectivity index (χ0) is 21.2. The standard InChI is InChI=1S/C24H24FN5O/c1-27-18-7-3-6-16-17(18)11-19-21(16)22(30-12-20(26)24(13-30)8-9-24)29-23(28-19)31-15-5-2-4-14(25)10-15/h2-7,10,20,27H,8-9,11-13,26H2,1H3. The lowest BCUT2D eigenvalue weighted by Gasteiger charge is -2.21. The van der Waals surface area contributed by atoms with Gasteiger partial charge in [-0.25, -0.2) is 4.39 Å². The fraction of sp³-hybridized carbons (Fsp3) is 0.333. The van der Waals surface area contributed by atoms with Gasteiger partial charge in [-0.2, -0.15) is 9.97 Å². The largest absolute Gasteiger partial charge is 0.424 e. The summed E-state index contributed by atoms with van der Waals surface area (Å²) in [4.78, 5) is 11.8. The molecule has 3 aliphatic rings. The van der Waals surface area contributed by atoms with Crippen molar-refractivity contribution in [2.45, 2.75) is 25.3 Å². The Bertz CT molecular complexity index is 1190. The lowest BCUT2D eigenvalue weighted by atomic mass is 10.0. The first-order valence-electron chi connectivity index (χ1n) is 10.7. The molecule has 0 bridgehead atoms. The smallest absolute Gasteiger partial charge is 0.324 e. The SMILES string of the molecule is CNc1cccc2c1Cc1nc(Oc3cccc(F)c3)nc(N3CC(N)C4(CC4)C3)c1-2. The number of rotatable bonds is 4. The minimum Gasteiger partial charge on any atom is -0.424 e. The van der Waals surface area contributed by atoms with Gasteiger partial charge >= 0.3 is 6.01 Å². The quantitative estimate of drug-likeness (QED) is 0.524. The van der Waals surface area contributed by atoms with E-state index in [-0.39, 0.29) is 23.3 Å². The highest BCUT2D eigenvalue weighted by Gasteiger charge is 2.54. The fourth-order valence-corrected chi connectivity index (χ4v) is 5.04. The van der Waals surface area contributed by atoms with E-state index < -0.39 is 0 Å². The first kappa shape index (κ1) is 18.6. The summed E-state index contributed by atoms with van der Waals surface area (Å²) in [7, 11) is 1.93. The lowest BCUT2D eigenvalue weighted by molar-refractivity contribution is 0.436. The third-order valence-electron chi connectivity index (χ3n) is 6.91. The van der Waals surface area contributed by atoms with Crippen molar-refractivity contribution >= 4 is 11.5 Å². The molecule has 2 heterocycles. The number of nitrogens with zero attached hydrogens (tertiary/aromatic N) is 3. The second-order valence-electron chi connectivity index (χ2n) is 8.82. The van der Waals surface area contributed by atoms with Gasteiger partial charge in [0.25, 0.3) is 0 Å². The van der Waals surface area contributed by atoms with Crippen LogP contribution in [0, 0.1) is 11.2 Å². The van der Waals surface area contributed by atoms with Crippen molar-refractivity contribution in [1.29, 1.82) is 0 Å². The third kappa shape index (κ3) is 2.95. The molecule has 1 aliphatic heterocycles. The summed E-state index contributed by atoms with van der Waals surface area (Å²) in [6.07, 6.45) is 3.04. The number of hydrogen-bond donors (Lipinski definition) is 2. The molecule has 1 saturated heterocycles. The Labute approximate surface area is 180 Å². The van der Waals surface area contributed by atoms with E-state index in [2.05, 4.69) is 28.4 Å². The molecule has 2 aliphatic carbocycles. The molecule has 1 atom stereocenters. The highest BCUT2D eigenvalue weighted by atomic mass is 19.1. The maximum Gasteiger partial charge on any atom is 0.324 e. The number of nitrogens with one attached hydrogen (secondary N) is 1. The van der Waals surface area contributed by atoms with Gasteiger partial charge in [-0.1, -0.05) is 18.2 Å². The van der Waals surface area contributed by atoms with Crippen molar-refractivity contribution in [2.75, 3.05) is 30.4 Å². The van der Waals surface area contributed by atoms with E-state index in [0.29, 0.717) is 12.2 Å². The van der Waals surface area contributed by atoms with E-state index in [9.17, 15) is 4.39 Å². The van der Waals surface area contributed by atoms with Gasteiger partial charge in [0.2, 0.25) is 0 Å². The molecule has 1 spiro atoms. The maximum atomic E-state index is 13.7. The minimum absolute atomic E-state index is 0.148. The monoisotopic (exact) mass is 417 g/mol. The third-order valence-corrected chi connectivity index (χ3v) is 6.91. The van der Waals surface area contributed by atoms with E-state index in [0.717, 1.165) is 41.4 Å². The van der Waals surface area contributed by atoms with Gasteiger partial charge < -0.3 is 20.7 Å². The molecule has 158 valence electrons. The van der Waals surface area contributed by atoms with Crippen LogP contribution >= 0.6 is 0 Å². The Morgan fingerprint density at radius 1 is 1.19 bits per heavy atom. The molecule has 1 saturated carbocycles. The summed E-state index contributed by atoms with van der Waals surface area (Å²) < 4.78 is 19.6. The van der Waals surface area contributed by atoms with Crippen LogP contribution in [0.1, 0.15) is 24.1 Å². The second-order valence-corrected chi connectivity index (χ2v) is 8.82. The second kappa shape index (κ2) is 6.65. The van der Waals surface area contributed by atoms with Gasteiger partial charge in [0.1, 0.15) is 17.4 Å². The normalized spacial score (nSPS) is 20.0. The lowest BCUT2D eigenvalue weighted by Crippen LogP contribution is -2.30. The van der Waals surface area contributed by atoms with Gasteiger partial charge in [-0.15, -0.1) is 0 Å². The first-order valence-corrected chi connectivity index (χ1v) is 10.7. The molecule has 7 heteroatoms. The molecule has 6 rings (SSSR count). The van der Waals surface area contributed by atoms with Crippen molar-refractivity contribution in [3.63, 3.8) is 0 Å². The molecule has 0 radical (unpaired) electrons. The van der Waals surface area contributed by atoms with Crippen LogP contribution in [0.2, 0.25) is 0 Å². The van der Waals surface area contributed by atoms with Crippen LogP contribution in [0.25, 0.3) is 11.1 Å². The van der Waals surface area contributed by atoms with Crippen LogP contribution in [0.4, 0.5) is 15.9 Å². The average molecular weight is 417 g/mol. The number of benzene rings is 2. The number of halogens is 1. The highest BCUT2D eigenvalue weighted by molar-refractivity contribution is 5.88. The van der Waals surface area contributed by atoms with Crippen molar-refractivity contribution < 1.29 is 9.13 Å². The van der Waals surface area contributed by atoms with Crippen LogP contribution in [-0.2, 0) is 6.42 Å². The van der Waals surface area contributed by atoms with Crippen LogP contribution in [0.15, 0.2) is 42.5 Å². The van der Waals surface area contributed by atoms with Crippen molar-refractivity contribution in [3.05, 3.63) is 59.5 Å². The fourth-order valence-electron chi connectivity index (χ4n) is 5.04. The number of nitrogens with two attached hydrogens (primary N) is 1. The minimum atomic E-state index is -0.355. The maximum absolute atomic E-state index is 13.7. The predicted octanol–water partition coefficient (Wildman–Crippen LogP) is 3.95. The number of ether oxygens (including phenoxy) is 1. The molecule has 2 aromatic carbocycles. The van der Waals surface area contributed by atoms with Crippen molar-refractivity contribution in [1.82, 2.24) is 9.97 Å². The predicted molar refractivity (Wildman–Crippen MR) is 118 cm³/mol. The van der Waals surface area contributed by atoms with Gasteiger partial charge in [-0.05, 0) is 42.2 Å². The molecule has 6 nitrogen and oxygen atoms in total. The van der Waals surface area contributed by atoms with E-state index in [4.69, 9.17) is 20.4 Å². The molecule has 3 aromatic rings. The molecule has 31 heavy (non-hydrogen) atoms. The highest BCUT2D eigenvalue weighted by Crippen LogP contribution is 2.54. The first-order chi connectivity index (χ1) is 15.1. The van der Waals surface area contributed by atoms with E-state index in [1.807, 2.05) is 7.05 Å². The molecule has 2 fully saturated rings. The number of anilines is 2. The van der Waals surface area contributed by atoms with E-state index in [1.165, 1.54) is 30.5 Å². The Hall–Kier alpha value is -3.19. The molecular formula is C24H24FN5O. The van der Waals surface area contributed by atoms with E-state index in [1.54, 1.807) is 12.1 Å². The summed E-state index contributed by atoms with van der Waals surface area (Å²) >= 11 is 0. The summed E-state index contributed by atoms with van der Waals surface area (Å²) in [6.45, 7) is 1.67. The van der Waals surface area contributed by atoms with Crippen LogP contribution < -0.4 is 20.7 Å². The average Bonchev–Trinajstić information content (AvgIpc) is 3.33. The van der Waals surface area contributed by atoms with Crippen LogP contribution in [-0.4, -0.2) is 36.1 Å². The number of aromatic nitrogens is 2. The molecule has 1 aromatic heterocycles.